The second kappa shape index (κ2) is 8.65. The highest BCUT2D eigenvalue weighted by Crippen LogP contribution is 2.02. The van der Waals surface area contributed by atoms with Crippen LogP contribution in [0.2, 0.25) is 0 Å². The van der Waals surface area contributed by atoms with Crippen LogP contribution in [-0.2, 0) is 6.42 Å². The summed E-state index contributed by atoms with van der Waals surface area (Å²) in [7, 11) is 0. The summed E-state index contributed by atoms with van der Waals surface area (Å²) in [5, 5.41) is 16.3. The molecule has 2 aromatic rings. The lowest BCUT2D eigenvalue weighted by molar-refractivity contribution is 0.0697. The lowest BCUT2D eigenvalue weighted by atomic mass is 10.1. The summed E-state index contributed by atoms with van der Waals surface area (Å²) in [6.45, 7) is 0.721. The van der Waals surface area contributed by atoms with Crippen LogP contribution in [-0.4, -0.2) is 28.9 Å². The van der Waals surface area contributed by atoms with E-state index in [-0.39, 0.29) is 5.56 Å². The van der Waals surface area contributed by atoms with Crippen molar-refractivity contribution in [3.8, 4) is 0 Å². The van der Waals surface area contributed by atoms with Gasteiger partial charge in [-0.1, -0.05) is 42.5 Å². The van der Waals surface area contributed by atoms with Gasteiger partial charge in [0.25, 0.3) is 0 Å². The predicted octanol–water partition coefficient (Wildman–Crippen LogP) is 2.43. The Kier molecular flexibility index (Phi) is 6.26. The van der Waals surface area contributed by atoms with Gasteiger partial charge in [-0.15, -0.1) is 0 Å². The zero-order valence-electron chi connectivity index (χ0n) is 12.4. The summed E-state index contributed by atoms with van der Waals surface area (Å²) in [5.74, 6) is -0.949. The van der Waals surface area contributed by atoms with Gasteiger partial charge in [0.05, 0.1) is 11.8 Å². The Balaban J connectivity index is 1.72. The van der Waals surface area contributed by atoms with Gasteiger partial charge < -0.3 is 10.4 Å². The van der Waals surface area contributed by atoms with Crippen LogP contribution in [0.1, 0.15) is 21.5 Å². The van der Waals surface area contributed by atoms with Crippen molar-refractivity contribution in [2.75, 3.05) is 6.54 Å². The van der Waals surface area contributed by atoms with Gasteiger partial charge in [0, 0.05) is 6.54 Å². The van der Waals surface area contributed by atoms with Crippen molar-refractivity contribution in [2.45, 2.75) is 6.42 Å². The molecule has 0 atom stereocenters. The molecular formula is C17H17N3O2S. The van der Waals surface area contributed by atoms with Crippen LogP contribution in [0.4, 0.5) is 0 Å². The van der Waals surface area contributed by atoms with Gasteiger partial charge in [0.2, 0.25) is 0 Å². The number of aromatic carboxylic acids is 1. The molecule has 0 aliphatic carbocycles. The molecule has 0 bridgehead atoms. The molecule has 118 valence electrons. The van der Waals surface area contributed by atoms with Crippen LogP contribution in [0.5, 0.6) is 0 Å². The van der Waals surface area contributed by atoms with Crippen molar-refractivity contribution in [3.05, 3.63) is 71.3 Å². The van der Waals surface area contributed by atoms with Crippen LogP contribution < -0.4 is 10.7 Å². The average molecular weight is 327 g/mol. The number of carboxylic acids is 1. The van der Waals surface area contributed by atoms with Crippen molar-refractivity contribution in [3.63, 3.8) is 0 Å². The first-order valence-corrected chi connectivity index (χ1v) is 7.50. The Bertz CT molecular complexity index is 685. The van der Waals surface area contributed by atoms with Crippen LogP contribution in [0.15, 0.2) is 59.7 Å². The Hall–Kier alpha value is -2.73. The molecule has 0 amide bonds. The van der Waals surface area contributed by atoms with Crippen LogP contribution in [0, 0.1) is 0 Å². The Morgan fingerprint density at radius 2 is 1.83 bits per heavy atom. The van der Waals surface area contributed by atoms with E-state index in [4.69, 9.17) is 17.3 Å². The van der Waals surface area contributed by atoms with Crippen LogP contribution >= 0.6 is 12.2 Å². The molecule has 0 spiro atoms. The topological polar surface area (TPSA) is 73.7 Å². The third-order valence-electron chi connectivity index (χ3n) is 3.08. The number of benzene rings is 2. The molecule has 23 heavy (non-hydrogen) atoms. The summed E-state index contributed by atoms with van der Waals surface area (Å²) >= 11 is 5.13. The number of nitrogens with one attached hydrogen (secondary N) is 2. The quantitative estimate of drug-likeness (QED) is 0.432. The van der Waals surface area contributed by atoms with Crippen molar-refractivity contribution in [1.29, 1.82) is 0 Å². The second-order valence-electron chi connectivity index (χ2n) is 4.79. The molecule has 2 rings (SSSR count). The number of carboxylic acid groups (broad SMARTS) is 1. The predicted molar refractivity (Wildman–Crippen MR) is 94.9 cm³/mol. The van der Waals surface area contributed by atoms with Gasteiger partial charge in [-0.25, -0.2) is 4.79 Å². The van der Waals surface area contributed by atoms with Gasteiger partial charge in [-0.3, -0.25) is 5.43 Å². The maximum atomic E-state index is 10.7. The van der Waals surface area contributed by atoms with Gasteiger partial charge in [0.1, 0.15) is 0 Å². The van der Waals surface area contributed by atoms with Gasteiger partial charge >= 0.3 is 5.97 Å². The minimum Gasteiger partial charge on any atom is -0.478 e. The largest absolute Gasteiger partial charge is 0.478 e. The maximum Gasteiger partial charge on any atom is 0.335 e. The Morgan fingerprint density at radius 3 is 2.48 bits per heavy atom. The molecule has 0 aliphatic rings. The molecule has 0 radical (unpaired) electrons. The molecule has 0 unspecified atom stereocenters. The van der Waals surface area contributed by atoms with E-state index < -0.39 is 5.97 Å². The molecule has 0 aromatic heterocycles. The van der Waals surface area contributed by atoms with Crippen molar-refractivity contribution < 1.29 is 9.90 Å². The third-order valence-corrected chi connectivity index (χ3v) is 3.32. The second-order valence-corrected chi connectivity index (χ2v) is 5.20. The highest BCUT2D eigenvalue weighted by Gasteiger charge is 2.00. The molecule has 0 aliphatic heterocycles. The fourth-order valence-electron chi connectivity index (χ4n) is 1.88. The lowest BCUT2D eigenvalue weighted by Gasteiger charge is -2.06. The molecule has 0 saturated heterocycles. The minimum absolute atomic E-state index is 0.244. The Labute approximate surface area is 140 Å². The van der Waals surface area contributed by atoms with Crippen molar-refractivity contribution >= 4 is 29.5 Å². The first-order chi connectivity index (χ1) is 11.1. The molecule has 0 saturated carbocycles. The van der Waals surface area contributed by atoms with E-state index in [2.05, 4.69) is 28.0 Å². The van der Waals surface area contributed by atoms with E-state index in [1.165, 1.54) is 17.7 Å². The molecule has 0 fully saturated rings. The molecule has 6 heteroatoms. The highest BCUT2D eigenvalue weighted by molar-refractivity contribution is 7.80. The van der Waals surface area contributed by atoms with Crippen LogP contribution in [0.3, 0.4) is 0 Å². The summed E-state index contributed by atoms with van der Waals surface area (Å²) in [6, 6.07) is 16.5. The molecule has 2 aromatic carbocycles. The molecule has 0 heterocycles. The number of hydrogen-bond donors (Lipinski definition) is 3. The number of nitrogens with zero attached hydrogens (tertiary/aromatic N) is 1. The summed E-state index contributed by atoms with van der Waals surface area (Å²) in [5.41, 5.74) is 5.00. The normalized spacial score (nSPS) is 10.4. The fraction of sp³-hybridized carbons (Fsp3) is 0.118. The molecule has 5 nitrogen and oxygen atoms in total. The highest BCUT2D eigenvalue weighted by atomic mass is 32.1. The number of hydrogen-bond acceptors (Lipinski definition) is 3. The van der Waals surface area contributed by atoms with Crippen molar-refractivity contribution in [1.82, 2.24) is 10.7 Å². The standard InChI is InChI=1S/C17H17N3O2S/c21-16(22)15-8-6-14(7-9-15)12-19-20-17(23)18-11-10-13-4-2-1-3-5-13/h1-9,12H,10-11H2,(H,21,22)(H2,18,20,23). The first kappa shape index (κ1) is 16.6. The van der Waals surface area contributed by atoms with E-state index in [0.717, 1.165) is 18.5 Å². The smallest absolute Gasteiger partial charge is 0.335 e. The monoisotopic (exact) mass is 327 g/mol. The number of thiocarbonyl (C=S) groups is 1. The maximum absolute atomic E-state index is 10.7. The van der Waals surface area contributed by atoms with E-state index in [9.17, 15) is 4.79 Å². The van der Waals surface area contributed by atoms with E-state index in [1.54, 1.807) is 18.3 Å². The van der Waals surface area contributed by atoms with Crippen LogP contribution in [0.25, 0.3) is 0 Å². The number of hydrazone groups is 1. The van der Waals surface area contributed by atoms with E-state index in [0.29, 0.717) is 5.11 Å². The first-order valence-electron chi connectivity index (χ1n) is 7.09. The minimum atomic E-state index is -0.949. The van der Waals surface area contributed by atoms with E-state index >= 15 is 0 Å². The summed E-state index contributed by atoms with van der Waals surface area (Å²) < 4.78 is 0. The zero-order valence-corrected chi connectivity index (χ0v) is 13.2. The summed E-state index contributed by atoms with van der Waals surface area (Å²) in [6.07, 6.45) is 2.46. The zero-order chi connectivity index (χ0) is 16.5. The lowest BCUT2D eigenvalue weighted by Crippen LogP contribution is -2.33. The summed E-state index contributed by atoms with van der Waals surface area (Å²) in [4.78, 5) is 10.7. The van der Waals surface area contributed by atoms with Gasteiger partial charge in [0.15, 0.2) is 5.11 Å². The Morgan fingerprint density at radius 1 is 1.13 bits per heavy atom. The fourth-order valence-corrected chi connectivity index (χ4v) is 2.04. The SMILES string of the molecule is O=C(O)c1ccc(C=NNC(=S)NCCc2ccccc2)cc1. The molecular weight excluding hydrogens is 310 g/mol. The number of rotatable bonds is 6. The third kappa shape index (κ3) is 5.88. The van der Waals surface area contributed by atoms with Gasteiger partial charge in [-0.05, 0) is 41.9 Å². The van der Waals surface area contributed by atoms with Crippen molar-refractivity contribution in [2.24, 2.45) is 5.10 Å². The van der Waals surface area contributed by atoms with Gasteiger partial charge in [-0.2, -0.15) is 5.10 Å². The molecule has 3 N–H and O–H groups in total. The number of carbonyl (C=O) groups is 1. The van der Waals surface area contributed by atoms with E-state index in [1.807, 2.05) is 18.2 Å². The average Bonchev–Trinajstić information content (AvgIpc) is 2.56.